The molecule has 10 aromatic rings. The van der Waals surface area contributed by atoms with Gasteiger partial charge < -0.3 is 9.80 Å². The first-order valence-corrected chi connectivity index (χ1v) is 20.4. The van der Waals surface area contributed by atoms with Crippen LogP contribution in [0.5, 0.6) is 0 Å². The summed E-state index contributed by atoms with van der Waals surface area (Å²) < 4.78 is 0. The third-order valence-corrected chi connectivity index (χ3v) is 12.6. The van der Waals surface area contributed by atoms with Gasteiger partial charge in [-0.1, -0.05) is 164 Å². The second-order valence-electron chi connectivity index (χ2n) is 15.6. The van der Waals surface area contributed by atoms with E-state index in [0.717, 1.165) is 34.1 Å². The Balaban J connectivity index is 1.17. The third kappa shape index (κ3) is 4.93. The summed E-state index contributed by atoms with van der Waals surface area (Å²) in [5, 5.41) is 4.92. The summed E-state index contributed by atoms with van der Waals surface area (Å²) in [7, 11) is 0. The molecule has 2 nitrogen and oxygen atoms in total. The van der Waals surface area contributed by atoms with E-state index in [1.165, 1.54) is 66.1 Å². The lowest BCUT2D eigenvalue weighted by Gasteiger charge is -2.34. The minimum absolute atomic E-state index is 0.550. The Hall–Kier alpha value is -7.68. The number of hydrogen-bond acceptors (Lipinski definition) is 2. The van der Waals surface area contributed by atoms with E-state index in [-0.39, 0.29) is 0 Å². The van der Waals surface area contributed by atoms with E-state index in [1.54, 1.807) is 0 Å². The van der Waals surface area contributed by atoms with Gasteiger partial charge in [0.05, 0.1) is 11.1 Å². The Kier molecular flexibility index (Phi) is 7.48. The number of rotatable bonds is 6. The highest BCUT2D eigenvalue weighted by atomic mass is 15.1. The maximum atomic E-state index is 2.48. The molecule has 0 bridgehead atoms. The molecule has 276 valence electrons. The van der Waals surface area contributed by atoms with E-state index < -0.39 is 5.41 Å². The maximum absolute atomic E-state index is 2.48. The van der Waals surface area contributed by atoms with E-state index >= 15 is 0 Å². The van der Waals surface area contributed by atoms with E-state index in [9.17, 15) is 0 Å². The van der Waals surface area contributed by atoms with Crippen molar-refractivity contribution in [2.45, 2.75) is 5.41 Å². The zero-order chi connectivity index (χ0) is 38.9. The van der Waals surface area contributed by atoms with Crippen LogP contribution in [0.1, 0.15) is 22.3 Å². The maximum Gasteiger partial charge on any atom is 0.0732 e. The van der Waals surface area contributed by atoms with Crippen molar-refractivity contribution in [3.8, 4) is 22.3 Å². The van der Waals surface area contributed by atoms with Crippen molar-refractivity contribution in [2.75, 3.05) is 9.80 Å². The monoisotopic (exact) mass is 750 g/mol. The molecule has 1 unspecified atom stereocenters. The first-order chi connectivity index (χ1) is 29.3. The zero-order valence-electron chi connectivity index (χ0n) is 32.3. The Morgan fingerprint density at radius 2 is 0.746 bits per heavy atom. The van der Waals surface area contributed by atoms with Crippen molar-refractivity contribution >= 4 is 55.7 Å². The lowest BCUT2D eigenvalue weighted by Crippen LogP contribution is -2.26. The van der Waals surface area contributed by atoms with Crippen LogP contribution in [0.25, 0.3) is 43.8 Å². The lowest BCUT2D eigenvalue weighted by atomic mass is 9.69. The highest BCUT2D eigenvalue weighted by Gasteiger charge is 2.53. The number of para-hydroxylation sites is 3. The van der Waals surface area contributed by atoms with Gasteiger partial charge in [0.2, 0.25) is 0 Å². The van der Waals surface area contributed by atoms with Crippen LogP contribution < -0.4 is 9.80 Å². The van der Waals surface area contributed by atoms with Crippen LogP contribution >= 0.6 is 0 Å². The summed E-state index contributed by atoms with van der Waals surface area (Å²) in [5.41, 5.74) is 16.7. The van der Waals surface area contributed by atoms with Crippen LogP contribution in [0.3, 0.4) is 0 Å². The van der Waals surface area contributed by atoms with Crippen LogP contribution in [-0.4, -0.2) is 0 Å². The van der Waals surface area contributed by atoms with Gasteiger partial charge in [0.25, 0.3) is 0 Å². The van der Waals surface area contributed by atoms with Gasteiger partial charge in [-0.3, -0.25) is 0 Å². The summed E-state index contributed by atoms with van der Waals surface area (Å²) >= 11 is 0. The van der Waals surface area contributed by atoms with Crippen LogP contribution in [-0.2, 0) is 5.41 Å². The van der Waals surface area contributed by atoms with Crippen molar-refractivity contribution < 1.29 is 0 Å². The molecule has 59 heavy (non-hydrogen) atoms. The van der Waals surface area contributed by atoms with Crippen molar-refractivity contribution in [3.63, 3.8) is 0 Å². The van der Waals surface area contributed by atoms with Crippen molar-refractivity contribution in [2.24, 2.45) is 0 Å². The quantitative estimate of drug-likeness (QED) is 0.167. The molecule has 0 saturated carbocycles. The summed E-state index contributed by atoms with van der Waals surface area (Å²) in [6.45, 7) is 0. The normalized spacial score (nSPS) is 14.5. The summed E-state index contributed by atoms with van der Waals surface area (Å²) in [4.78, 5) is 4.84. The number of anilines is 6. The second kappa shape index (κ2) is 13.2. The van der Waals surface area contributed by atoms with Gasteiger partial charge in [0.15, 0.2) is 0 Å². The topological polar surface area (TPSA) is 6.48 Å². The highest BCUT2D eigenvalue weighted by Crippen LogP contribution is 2.65. The van der Waals surface area contributed by atoms with Gasteiger partial charge in [-0.15, -0.1) is 0 Å². The Bertz CT molecular complexity index is 3190. The molecule has 0 fully saturated rings. The molecule has 2 heteroatoms. The summed E-state index contributed by atoms with van der Waals surface area (Å²) in [6.07, 6.45) is 0. The minimum Gasteiger partial charge on any atom is -0.310 e. The molecule has 2 aliphatic carbocycles. The first kappa shape index (κ1) is 33.5. The van der Waals surface area contributed by atoms with Crippen LogP contribution in [0, 0.1) is 0 Å². The zero-order valence-corrected chi connectivity index (χ0v) is 32.3. The second-order valence-corrected chi connectivity index (χ2v) is 15.6. The number of benzene rings is 10. The molecular formula is C57H38N2. The Morgan fingerprint density at radius 3 is 1.41 bits per heavy atom. The van der Waals surface area contributed by atoms with Gasteiger partial charge >= 0.3 is 0 Å². The molecule has 0 aliphatic heterocycles. The van der Waals surface area contributed by atoms with E-state index in [2.05, 4.69) is 240 Å². The molecule has 1 atom stereocenters. The standard InChI is InChI=1S/C57H38N2/c1-4-20-41(21-5-1)58(42-22-6-2-7-23-42)45-34-35-48-46-26-14-16-30-52(46)57(54(48)37-45)53-31-17-15-27-47(53)51-38-55(49-28-12-13-29-50(49)56(51)57)59(43-24-8-3-9-25-43)44-33-32-39-18-10-11-19-40(39)36-44/h1-38H. The lowest BCUT2D eigenvalue weighted by molar-refractivity contribution is 0.801. The fourth-order valence-corrected chi connectivity index (χ4v) is 10.2. The highest BCUT2D eigenvalue weighted by molar-refractivity contribution is 6.10. The van der Waals surface area contributed by atoms with Crippen molar-refractivity contribution in [3.05, 3.63) is 253 Å². The smallest absolute Gasteiger partial charge is 0.0732 e. The van der Waals surface area contributed by atoms with Crippen molar-refractivity contribution in [1.29, 1.82) is 0 Å². The van der Waals surface area contributed by atoms with Crippen molar-refractivity contribution in [1.82, 2.24) is 0 Å². The van der Waals surface area contributed by atoms with Gasteiger partial charge in [0, 0.05) is 33.8 Å². The Morgan fingerprint density at radius 1 is 0.271 bits per heavy atom. The van der Waals surface area contributed by atoms with Crippen LogP contribution in [0.2, 0.25) is 0 Å². The van der Waals surface area contributed by atoms with Crippen LogP contribution in [0.4, 0.5) is 34.1 Å². The predicted molar refractivity (Wildman–Crippen MR) is 247 cm³/mol. The average molecular weight is 751 g/mol. The van der Waals surface area contributed by atoms with Gasteiger partial charge in [0.1, 0.15) is 0 Å². The summed E-state index contributed by atoms with van der Waals surface area (Å²) in [6, 6.07) is 84.8. The van der Waals surface area contributed by atoms with E-state index in [0.29, 0.717) is 0 Å². The molecular weight excluding hydrogens is 713 g/mol. The number of nitrogens with zero attached hydrogens (tertiary/aromatic N) is 2. The molecule has 0 heterocycles. The van der Waals surface area contributed by atoms with E-state index in [1.807, 2.05) is 0 Å². The third-order valence-electron chi connectivity index (χ3n) is 12.6. The minimum atomic E-state index is -0.550. The van der Waals surface area contributed by atoms with Gasteiger partial charge in [-0.05, 0) is 127 Å². The molecule has 10 aromatic carbocycles. The average Bonchev–Trinajstić information content (AvgIpc) is 3.77. The largest absolute Gasteiger partial charge is 0.310 e. The van der Waals surface area contributed by atoms with Gasteiger partial charge in [-0.25, -0.2) is 0 Å². The molecule has 12 rings (SSSR count). The molecule has 2 aliphatic rings. The van der Waals surface area contributed by atoms with E-state index in [4.69, 9.17) is 0 Å². The molecule has 0 saturated heterocycles. The molecule has 1 spiro atoms. The molecule has 0 radical (unpaired) electrons. The Labute approximate surface area is 344 Å². The summed E-state index contributed by atoms with van der Waals surface area (Å²) in [5.74, 6) is 0. The van der Waals surface area contributed by atoms with Crippen LogP contribution in [0.15, 0.2) is 231 Å². The van der Waals surface area contributed by atoms with Gasteiger partial charge in [-0.2, -0.15) is 0 Å². The fraction of sp³-hybridized carbons (Fsp3) is 0.0175. The number of hydrogen-bond donors (Lipinski definition) is 0. The molecule has 0 amide bonds. The SMILES string of the molecule is c1ccc(N(c2ccccc2)c2ccc3c(c2)C2(c4ccccc4-3)c3ccccc3-c3cc(N(c4ccccc4)c4ccc5ccccc5c4)c4ccccc4c32)cc1. The predicted octanol–water partition coefficient (Wildman–Crippen LogP) is 15.3. The number of fused-ring (bicyclic) bond motifs is 13. The fourth-order valence-electron chi connectivity index (χ4n) is 10.2. The molecule has 0 aromatic heterocycles. The first-order valence-electron chi connectivity index (χ1n) is 20.4. The molecule has 0 N–H and O–H groups in total.